The number of amides is 1. The molecule has 1 aromatic carbocycles. The molecule has 1 fully saturated rings. The van der Waals surface area contributed by atoms with E-state index in [0.717, 1.165) is 30.0 Å². The molecule has 140 valence electrons. The van der Waals surface area contributed by atoms with Gasteiger partial charge in [0.25, 0.3) is 0 Å². The molecule has 0 aromatic heterocycles. The summed E-state index contributed by atoms with van der Waals surface area (Å²) in [5, 5.41) is -0.000568. The summed E-state index contributed by atoms with van der Waals surface area (Å²) in [5.41, 5.74) is 1.26. The Kier molecular flexibility index (Phi) is 6.66. The zero-order valence-corrected chi connectivity index (χ0v) is 17.1. The van der Waals surface area contributed by atoms with Gasteiger partial charge >= 0.3 is 0 Å². The lowest BCUT2D eigenvalue weighted by Crippen LogP contribution is -2.32. The summed E-state index contributed by atoms with van der Waals surface area (Å²) >= 11 is 1.79. The third-order valence-corrected chi connectivity index (χ3v) is 5.64. The Balaban J connectivity index is 2.16. The SMILES string of the molecule is COc1cccc([C@@H]2SCCN2C(=O)C[C@@H](C)CC(C)(C)C)c1OC. The van der Waals surface area contributed by atoms with Gasteiger partial charge in [-0.25, -0.2) is 0 Å². The molecule has 1 aliphatic heterocycles. The first-order chi connectivity index (χ1) is 11.8. The molecule has 25 heavy (non-hydrogen) atoms. The standard InChI is InChI=1S/C20H31NO3S/c1-14(13-20(2,3)4)12-17(22)21-10-11-25-19(21)15-8-7-9-16(23-5)18(15)24-6/h7-9,14,19H,10-13H2,1-6H3/t14-,19+/m1/s1. The Morgan fingerprint density at radius 2 is 2.04 bits per heavy atom. The molecule has 1 heterocycles. The number of hydrogen-bond donors (Lipinski definition) is 0. The van der Waals surface area contributed by atoms with Gasteiger partial charge in [0.15, 0.2) is 11.5 Å². The summed E-state index contributed by atoms with van der Waals surface area (Å²) in [7, 11) is 3.29. The van der Waals surface area contributed by atoms with Gasteiger partial charge in [0.05, 0.1) is 14.2 Å². The fraction of sp³-hybridized carbons (Fsp3) is 0.650. The van der Waals surface area contributed by atoms with E-state index in [-0.39, 0.29) is 16.7 Å². The van der Waals surface area contributed by atoms with E-state index in [9.17, 15) is 4.79 Å². The summed E-state index contributed by atoms with van der Waals surface area (Å²) in [6, 6.07) is 5.88. The van der Waals surface area contributed by atoms with Crippen LogP contribution in [0.1, 0.15) is 51.5 Å². The first kappa shape index (κ1) is 20.0. The van der Waals surface area contributed by atoms with E-state index in [1.165, 1.54) is 0 Å². The Labute approximate surface area is 156 Å². The Morgan fingerprint density at radius 1 is 1.32 bits per heavy atom. The number of carbonyl (C=O) groups excluding carboxylic acids is 1. The van der Waals surface area contributed by atoms with Crippen LogP contribution in [0.25, 0.3) is 0 Å². The molecule has 0 spiro atoms. The maximum atomic E-state index is 12.9. The number of carbonyl (C=O) groups is 1. The van der Waals surface area contributed by atoms with Crippen molar-refractivity contribution in [2.24, 2.45) is 11.3 Å². The van der Waals surface area contributed by atoms with Crippen molar-refractivity contribution in [1.29, 1.82) is 0 Å². The van der Waals surface area contributed by atoms with Gasteiger partial charge in [0.1, 0.15) is 5.37 Å². The van der Waals surface area contributed by atoms with Crippen LogP contribution < -0.4 is 9.47 Å². The predicted molar refractivity (Wildman–Crippen MR) is 104 cm³/mol. The van der Waals surface area contributed by atoms with E-state index < -0.39 is 0 Å². The fourth-order valence-corrected chi connectivity index (χ4v) is 4.92. The van der Waals surface area contributed by atoms with Crippen molar-refractivity contribution in [3.63, 3.8) is 0 Å². The van der Waals surface area contributed by atoms with E-state index in [4.69, 9.17) is 9.47 Å². The van der Waals surface area contributed by atoms with Crippen LogP contribution in [0.2, 0.25) is 0 Å². The Hall–Kier alpha value is -1.36. The van der Waals surface area contributed by atoms with Crippen LogP contribution in [0.15, 0.2) is 18.2 Å². The number of methoxy groups -OCH3 is 2. The second kappa shape index (κ2) is 8.35. The molecule has 0 unspecified atom stereocenters. The summed E-state index contributed by atoms with van der Waals surface area (Å²) < 4.78 is 11.0. The lowest BCUT2D eigenvalue weighted by molar-refractivity contribution is -0.132. The van der Waals surface area contributed by atoms with Crippen LogP contribution in [-0.4, -0.2) is 37.3 Å². The van der Waals surface area contributed by atoms with Gasteiger partial charge in [0, 0.05) is 24.3 Å². The zero-order valence-electron chi connectivity index (χ0n) is 16.3. The van der Waals surface area contributed by atoms with Crippen molar-refractivity contribution in [3.8, 4) is 11.5 Å². The van der Waals surface area contributed by atoms with E-state index in [0.29, 0.717) is 18.1 Å². The molecule has 5 heteroatoms. The molecule has 0 aliphatic carbocycles. The lowest BCUT2D eigenvalue weighted by atomic mass is 9.84. The van der Waals surface area contributed by atoms with Crippen molar-refractivity contribution < 1.29 is 14.3 Å². The van der Waals surface area contributed by atoms with E-state index in [2.05, 4.69) is 27.7 Å². The summed E-state index contributed by atoms with van der Waals surface area (Å²) in [5.74, 6) is 3.00. The van der Waals surface area contributed by atoms with Crippen LogP contribution in [0, 0.1) is 11.3 Å². The maximum Gasteiger partial charge on any atom is 0.224 e. The average Bonchev–Trinajstić information content (AvgIpc) is 3.01. The topological polar surface area (TPSA) is 38.8 Å². The number of para-hydroxylation sites is 1. The highest BCUT2D eigenvalue weighted by Gasteiger charge is 2.34. The van der Waals surface area contributed by atoms with Crippen molar-refractivity contribution in [3.05, 3.63) is 23.8 Å². The van der Waals surface area contributed by atoms with Gasteiger partial charge in [0.2, 0.25) is 5.91 Å². The molecule has 0 saturated carbocycles. The van der Waals surface area contributed by atoms with E-state index in [1.54, 1.807) is 26.0 Å². The molecule has 1 saturated heterocycles. The minimum atomic E-state index is -0.000568. The van der Waals surface area contributed by atoms with Gasteiger partial charge in [-0.15, -0.1) is 11.8 Å². The van der Waals surface area contributed by atoms with Crippen LogP contribution in [0.5, 0.6) is 11.5 Å². The van der Waals surface area contributed by atoms with E-state index in [1.807, 2.05) is 23.1 Å². The zero-order chi connectivity index (χ0) is 18.6. The molecule has 1 amide bonds. The van der Waals surface area contributed by atoms with Crippen molar-refractivity contribution in [2.45, 2.75) is 45.9 Å². The van der Waals surface area contributed by atoms with Gasteiger partial charge in [-0.1, -0.05) is 39.8 Å². The second-order valence-electron chi connectivity index (χ2n) is 7.97. The molecule has 0 N–H and O–H groups in total. The number of hydrogen-bond acceptors (Lipinski definition) is 4. The number of benzene rings is 1. The number of nitrogens with zero attached hydrogens (tertiary/aromatic N) is 1. The highest BCUT2D eigenvalue weighted by molar-refractivity contribution is 7.99. The molecule has 0 radical (unpaired) electrons. The molecule has 2 rings (SSSR count). The van der Waals surface area contributed by atoms with Crippen LogP contribution in [0.3, 0.4) is 0 Å². The quantitative estimate of drug-likeness (QED) is 0.730. The molecule has 1 aliphatic rings. The average molecular weight is 366 g/mol. The molecule has 0 bridgehead atoms. The summed E-state index contributed by atoms with van der Waals surface area (Å²) in [6.07, 6.45) is 1.65. The molecular weight excluding hydrogens is 334 g/mol. The predicted octanol–water partition coefficient (Wildman–Crippen LogP) is 4.74. The Bertz CT molecular complexity index is 597. The molecule has 2 atom stereocenters. The first-order valence-electron chi connectivity index (χ1n) is 8.88. The summed E-state index contributed by atoms with van der Waals surface area (Å²) in [6.45, 7) is 9.64. The number of rotatable bonds is 6. The largest absolute Gasteiger partial charge is 0.493 e. The summed E-state index contributed by atoms with van der Waals surface area (Å²) in [4.78, 5) is 14.9. The van der Waals surface area contributed by atoms with Gasteiger partial charge in [-0.2, -0.15) is 0 Å². The van der Waals surface area contributed by atoms with Crippen molar-refractivity contribution in [2.75, 3.05) is 26.5 Å². The Morgan fingerprint density at radius 3 is 2.64 bits per heavy atom. The van der Waals surface area contributed by atoms with Crippen molar-refractivity contribution in [1.82, 2.24) is 4.90 Å². The maximum absolute atomic E-state index is 12.9. The third kappa shape index (κ3) is 5.06. The van der Waals surface area contributed by atoms with Crippen LogP contribution in [0.4, 0.5) is 0 Å². The van der Waals surface area contributed by atoms with Crippen LogP contribution >= 0.6 is 11.8 Å². The minimum absolute atomic E-state index is 0.000568. The smallest absolute Gasteiger partial charge is 0.224 e. The van der Waals surface area contributed by atoms with E-state index >= 15 is 0 Å². The monoisotopic (exact) mass is 365 g/mol. The molecule has 4 nitrogen and oxygen atoms in total. The molecular formula is C20H31NO3S. The normalized spacial score (nSPS) is 19.0. The number of thioether (sulfide) groups is 1. The van der Waals surface area contributed by atoms with Crippen LogP contribution in [-0.2, 0) is 4.79 Å². The first-order valence-corrected chi connectivity index (χ1v) is 9.93. The fourth-order valence-electron chi connectivity index (χ4n) is 3.62. The highest BCUT2D eigenvalue weighted by atomic mass is 32.2. The molecule has 1 aromatic rings. The van der Waals surface area contributed by atoms with Gasteiger partial charge in [-0.05, 0) is 23.8 Å². The lowest BCUT2D eigenvalue weighted by Gasteiger charge is -2.28. The van der Waals surface area contributed by atoms with Gasteiger partial charge < -0.3 is 14.4 Å². The van der Waals surface area contributed by atoms with Crippen molar-refractivity contribution >= 4 is 17.7 Å². The minimum Gasteiger partial charge on any atom is -0.493 e. The number of ether oxygens (including phenoxy) is 2. The third-order valence-electron chi connectivity index (χ3n) is 4.39. The second-order valence-corrected chi connectivity index (χ2v) is 9.16. The highest BCUT2D eigenvalue weighted by Crippen LogP contribution is 2.45. The van der Waals surface area contributed by atoms with Gasteiger partial charge in [-0.3, -0.25) is 4.79 Å².